The molecule has 1 aliphatic rings. The van der Waals surface area contributed by atoms with E-state index in [4.69, 9.17) is 4.74 Å². The summed E-state index contributed by atoms with van der Waals surface area (Å²) in [6.45, 7) is 3.45. The highest BCUT2D eigenvalue weighted by Crippen LogP contribution is 2.30. The van der Waals surface area contributed by atoms with E-state index in [0.717, 1.165) is 53.2 Å². The van der Waals surface area contributed by atoms with Gasteiger partial charge in [-0.05, 0) is 43.3 Å². The number of nitrogens with zero attached hydrogens (tertiary/aromatic N) is 5. The number of rotatable bonds is 6. The normalized spacial score (nSPS) is 16.5. The summed E-state index contributed by atoms with van der Waals surface area (Å²) in [4.78, 5) is 18.3. The maximum absolute atomic E-state index is 12.6. The van der Waals surface area contributed by atoms with Gasteiger partial charge in [0.1, 0.15) is 5.65 Å². The number of pyridine rings is 1. The van der Waals surface area contributed by atoms with E-state index >= 15 is 0 Å². The summed E-state index contributed by atoms with van der Waals surface area (Å²) < 4.78 is 9.62. The lowest BCUT2D eigenvalue weighted by molar-refractivity contribution is 0.0953. The van der Waals surface area contributed by atoms with Gasteiger partial charge < -0.3 is 4.74 Å². The van der Waals surface area contributed by atoms with Gasteiger partial charge in [-0.2, -0.15) is 0 Å². The van der Waals surface area contributed by atoms with Crippen LogP contribution in [0.15, 0.2) is 51.7 Å². The van der Waals surface area contributed by atoms with E-state index in [2.05, 4.69) is 25.8 Å². The number of fused-ring (bicyclic) bond motifs is 1. The Labute approximate surface area is 181 Å². The van der Waals surface area contributed by atoms with Gasteiger partial charge in [-0.1, -0.05) is 23.9 Å². The Bertz CT molecular complexity index is 1230. The molecule has 1 fully saturated rings. The minimum atomic E-state index is -0.0613. The van der Waals surface area contributed by atoms with Crippen LogP contribution in [0.1, 0.15) is 24.2 Å². The molecule has 0 amide bonds. The lowest BCUT2D eigenvalue weighted by Crippen LogP contribution is -2.18. The highest BCUT2D eigenvalue weighted by molar-refractivity contribution is 7.98. The molecular weight excluding hydrogens is 418 g/mol. The van der Waals surface area contributed by atoms with Gasteiger partial charge in [0.25, 0.3) is 5.56 Å². The van der Waals surface area contributed by atoms with Gasteiger partial charge >= 0.3 is 0 Å². The SMILES string of the molecule is Cc1cccc2nc(CSc3nnc(-c4cccs4)n3CC3CCCO3)cc(=O)n12. The number of aromatic nitrogens is 5. The summed E-state index contributed by atoms with van der Waals surface area (Å²) in [5.74, 6) is 1.42. The van der Waals surface area contributed by atoms with Crippen molar-refractivity contribution in [2.24, 2.45) is 0 Å². The maximum atomic E-state index is 12.6. The summed E-state index contributed by atoms with van der Waals surface area (Å²) in [5, 5.41) is 11.8. The van der Waals surface area contributed by atoms with Crippen LogP contribution < -0.4 is 5.56 Å². The molecule has 30 heavy (non-hydrogen) atoms. The minimum Gasteiger partial charge on any atom is -0.376 e. The monoisotopic (exact) mass is 439 g/mol. The van der Waals surface area contributed by atoms with E-state index in [1.165, 1.54) is 0 Å². The molecule has 0 aromatic carbocycles. The molecule has 4 aromatic rings. The fourth-order valence-electron chi connectivity index (χ4n) is 3.72. The number of thiophene rings is 1. The van der Waals surface area contributed by atoms with Gasteiger partial charge in [0.05, 0.1) is 23.2 Å². The Balaban J connectivity index is 1.43. The van der Waals surface area contributed by atoms with Gasteiger partial charge in [0.2, 0.25) is 0 Å². The van der Waals surface area contributed by atoms with E-state index in [9.17, 15) is 4.79 Å². The lowest BCUT2D eigenvalue weighted by Gasteiger charge is -2.14. The van der Waals surface area contributed by atoms with E-state index in [1.54, 1.807) is 33.6 Å². The van der Waals surface area contributed by atoms with Gasteiger partial charge in [-0.15, -0.1) is 21.5 Å². The van der Waals surface area contributed by atoms with Crippen LogP contribution in [-0.2, 0) is 17.0 Å². The topological polar surface area (TPSA) is 74.3 Å². The van der Waals surface area contributed by atoms with Gasteiger partial charge in [-0.25, -0.2) is 4.98 Å². The summed E-state index contributed by atoms with van der Waals surface area (Å²) in [5.41, 5.74) is 2.22. The molecule has 5 rings (SSSR count). The lowest BCUT2D eigenvalue weighted by atomic mass is 10.2. The second kappa shape index (κ2) is 8.33. The van der Waals surface area contributed by atoms with Crippen molar-refractivity contribution >= 4 is 28.7 Å². The third-order valence-electron chi connectivity index (χ3n) is 5.15. The number of aryl methyl sites for hydroxylation is 1. The first-order valence-electron chi connectivity index (χ1n) is 9.89. The molecule has 4 aromatic heterocycles. The Morgan fingerprint density at radius 2 is 2.20 bits per heavy atom. The van der Waals surface area contributed by atoms with Crippen LogP contribution in [-0.4, -0.2) is 36.9 Å². The highest BCUT2D eigenvalue weighted by atomic mass is 32.2. The van der Waals surface area contributed by atoms with Crippen molar-refractivity contribution in [3.63, 3.8) is 0 Å². The average Bonchev–Trinajstić information content (AvgIpc) is 3.49. The zero-order valence-electron chi connectivity index (χ0n) is 16.5. The molecule has 0 bridgehead atoms. The van der Waals surface area contributed by atoms with Crippen LogP contribution in [0, 0.1) is 6.92 Å². The molecule has 1 unspecified atom stereocenters. The maximum Gasteiger partial charge on any atom is 0.258 e. The van der Waals surface area contributed by atoms with Gasteiger partial charge in [0, 0.05) is 24.1 Å². The van der Waals surface area contributed by atoms with Gasteiger partial charge in [-0.3, -0.25) is 13.8 Å². The molecule has 0 spiro atoms. The summed E-state index contributed by atoms with van der Waals surface area (Å²) in [7, 11) is 0. The second-order valence-corrected chi connectivity index (χ2v) is 9.15. The van der Waals surface area contributed by atoms with Crippen LogP contribution >= 0.6 is 23.1 Å². The number of thioether (sulfide) groups is 1. The predicted octanol–water partition coefficient (Wildman–Crippen LogP) is 3.79. The first-order valence-corrected chi connectivity index (χ1v) is 11.8. The molecule has 1 aliphatic heterocycles. The van der Waals surface area contributed by atoms with Crippen molar-refractivity contribution in [2.45, 2.75) is 43.3 Å². The average molecular weight is 440 g/mol. The quantitative estimate of drug-likeness (QED) is 0.426. The van der Waals surface area contributed by atoms with Crippen molar-refractivity contribution < 1.29 is 4.74 Å². The highest BCUT2D eigenvalue weighted by Gasteiger charge is 2.22. The van der Waals surface area contributed by atoms with E-state index in [1.807, 2.05) is 36.6 Å². The van der Waals surface area contributed by atoms with Crippen LogP contribution in [0.2, 0.25) is 0 Å². The third kappa shape index (κ3) is 3.80. The number of hydrogen-bond acceptors (Lipinski definition) is 7. The fourth-order valence-corrected chi connectivity index (χ4v) is 5.27. The van der Waals surface area contributed by atoms with E-state index < -0.39 is 0 Å². The zero-order chi connectivity index (χ0) is 20.5. The second-order valence-electron chi connectivity index (χ2n) is 7.26. The van der Waals surface area contributed by atoms with Crippen LogP contribution in [0.25, 0.3) is 16.3 Å². The zero-order valence-corrected chi connectivity index (χ0v) is 18.2. The van der Waals surface area contributed by atoms with E-state index in [-0.39, 0.29) is 11.7 Å². The fraction of sp³-hybridized carbons (Fsp3) is 0.333. The van der Waals surface area contributed by atoms with Crippen molar-refractivity contribution in [1.29, 1.82) is 0 Å². The first kappa shape index (κ1) is 19.5. The van der Waals surface area contributed by atoms with Crippen molar-refractivity contribution in [1.82, 2.24) is 24.1 Å². The van der Waals surface area contributed by atoms with Crippen molar-refractivity contribution in [2.75, 3.05) is 6.61 Å². The molecule has 0 saturated carbocycles. The molecule has 1 atom stereocenters. The molecule has 0 radical (unpaired) electrons. The number of ether oxygens (including phenoxy) is 1. The van der Waals surface area contributed by atoms with Crippen LogP contribution in [0.5, 0.6) is 0 Å². The molecule has 7 nitrogen and oxygen atoms in total. The smallest absolute Gasteiger partial charge is 0.258 e. The molecule has 0 aliphatic carbocycles. The van der Waals surface area contributed by atoms with Crippen molar-refractivity contribution in [3.05, 3.63) is 63.5 Å². The Kier molecular flexibility index (Phi) is 5.41. The molecule has 9 heteroatoms. The summed E-state index contributed by atoms with van der Waals surface area (Å²) in [6, 6.07) is 11.4. The van der Waals surface area contributed by atoms with Crippen LogP contribution in [0.3, 0.4) is 0 Å². The third-order valence-corrected chi connectivity index (χ3v) is 7.02. The van der Waals surface area contributed by atoms with E-state index in [0.29, 0.717) is 11.4 Å². The summed E-state index contributed by atoms with van der Waals surface area (Å²) in [6.07, 6.45) is 2.33. The standard InChI is InChI=1S/C21H21N5O2S2/c1-14-5-2-8-18-22-15(11-19(27)26(14)18)13-30-21-24-23-20(17-7-4-10-29-17)25(21)12-16-6-3-9-28-16/h2,4-5,7-8,10-11,16H,3,6,9,12-13H2,1H3. The number of hydrogen-bond donors (Lipinski definition) is 0. The molecule has 0 N–H and O–H groups in total. The van der Waals surface area contributed by atoms with Gasteiger partial charge in [0.15, 0.2) is 11.0 Å². The van der Waals surface area contributed by atoms with Crippen molar-refractivity contribution in [3.8, 4) is 10.7 Å². The summed E-state index contributed by atoms with van der Waals surface area (Å²) >= 11 is 3.20. The molecular formula is C21H21N5O2S2. The molecule has 5 heterocycles. The minimum absolute atomic E-state index is 0.0613. The first-order chi connectivity index (χ1) is 14.7. The molecule has 154 valence electrons. The Morgan fingerprint density at radius 1 is 1.27 bits per heavy atom. The Hall–Kier alpha value is -2.49. The Morgan fingerprint density at radius 3 is 3.00 bits per heavy atom. The van der Waals surface area contributed by atoms with Crippen LogP contribution in [0.4, 0.5) is 0 Å². The molecule has 1 saturated heterocycles. The predicted molar refractivity (Wildman–Crippen MR) is 118 cm³/mol. The largest absolute Gasteiger partial charge is 0.376 e.